The fraction of sp³-hybridized carbons (Fsp3) is 0.562. The van der Waals surface area contributed by atoms with Gasteiger partial charge >= 0.3 is 0 Å². The Bertz CT molecular complexity index is 471. The third-order valence-corrected chi connectivity index (χ3v) is 4.45. The van der Waals surface area contributed by atoms with Crippen molar-refractivity contribution in [3.8, 4) is 0 Å². The maximum Gasteiger partial charge on any atom is 0.224 e. The third kappa shape index (κ3) is 2.80. The molecule has 0 spiro atoms. The van der Waals surface area contributed by atoms with Crippen LogP contribution in [-0.4, -0.2) is 36.0 Å². The van der Waals surface area contributed by atoms with Gasteiger partial charge in [0.05, 0.1) is 0 Å². The molecule has 20 heavy (non-hydrogen) atoms. The molecule has 108 valence electrons. The molecule has 0 radical (unpaired) electrons. The second-order valence-electron chi connectivity index (χ2n) is 5.76. The van der Waals surface area contributed by atoms with Gasteiger partial charge < -0.3 is 10.6 Å². The minimum atomic E-state index is 0.0584. The van der Waals surface area contributed by atoms with E-state index in [9.17, 15) is 4.79 Å². The lowest BCUT2D eigenvalue weighted by atomic mass is 10.1. The molecular weight excluding hydrogens is 250 g/mol. The summed E-state index contributed by atoms with van der Waals surface area (Å²) < 4.78 is 0. The number of nitrogens with one attached hydrogen (secondary N) is 2. The fourth-order valence-corrected chi connectivity index (χ4v) is 3.36. The van der Waals surface area contributed by atoms with E-state index in [1.807, 2.05) is 19.1 Å². The maximum absolute atomic E-state index is 11.3. The molecule has 1 amide bonds. The third-order valence-electron chi connectivity index (χ3n) is 4.45. The molecule has 4 heteroatoms. The lowest BCUT2D eigenvalue weighted by Crippen LogP contribution is -2.33. The Morgan fingerprint density at radius 2 is 1.95 bits per heavy atom. The van der Waals surface area contributed by atoms with Gasteiger partial charge in [-0.1, -0.05) is 6.92 Å². The summed E-state index contributed by atoms with van der Waals surface area (Å²) in [5.41, 5.74) is 2.02. The molecule has 4 nitrogen and oxygen atoms in total. The Kier molecular flexibility index (Phi) is 3.92. The van der Waals surface area contributed by atoms with Gasteiger partial charge in [0.2, 0.25) is 5.91 Å². The Morgan fingerprint density at radius 3 is 2.70 bits per heavy atom. The number of hydrogen-bond acceptors (Lipinski definition) is 3. The van der Waals surface area contributed by atoms with E-state index in [0.717, 1.165) is 17.4 Å². The molecule has 0 aliphatic carbocycles. The van der Waals surface area contributed by atoms with Crippen LogP contribution in [0.2, 0.25) is 0 Å². The van der Waals surface area contributed by atoms with Gasteiger partial charge in [0.15, 0.2) is 0 Å². The molecule has 2 aliphatic heterocycles. The summed E-state index contributed by atoms with van der Waals surface area (Å²) in [7, 11) is 0. The molecule has 0 aromatic heterocycles. The lowest BCUT2D eigenvalue weighted by molar-refractivity contribution is -0.115. The minimum Gasteiger partial charge on any atom is -0.381 e. The van der Waals surface area contributed by atoms with Crippen molar-refractivity contribution in [1.29, 1.82) is 0 Å². The number of rotatable bonds is 4. The van der Waals surface area contributed by atoms with E-state index in [-0.39, 0.29) is 5.91 Å². The second kappa shape index (κ2) is 5.83. The number of nitrogens with zero attached hydrogens (tertiary/aromatic N) is 1. The number of fused-ring (bicyclic) bond motifs is 1. The van der Waals surface area contributed by atoms with Crippen molar-refractivity contribution < 1.29 is 4.79 Å². The van der Waals surface area contributed by atoms with Crippen molar-refractivity contribution in [2.24, 2.45) is 0 Å². The Labute approximate surface area is 120 Å². The van der Waals surface area contributed by atoms with Gasteiger partial charge in [-0.05, 0) is 50.1 Å². The Hall–Kier alpha value is -1.55. The van der Waals surface area contributed by atoms with Crippen molar-refractivity contribution in [3.63, 3.8) is 0 Å². The summed E-state index contributed by atoms with van der Waals surface area (Å²) in [6.07, 6.45) is 4.41. The first-order chi connectivity index (χ1) is 9.76. The largest absolute Gasteiger partial charge is 0.381 e. The number of hydrogen-bond donors (Lipinski definition) is 2. The molecule has 2 fully saturated rings. The van der Waals surface area contributed by atoms with Crippen molar-refractivity contribution in [2.45, 2.75) is 44.7 Å². The monoisotopic (exact) mass is 273 g/mol. The lowest BCUT2D eigenvalue weighted by Gasteiger charge is -2.22. The van der Waals surface area contributed by atoms with Crippen LogP contribution in [0.1, 0.15) is 32.6 Å². The van der Waals surface area contributed by atoms with Crippen molar-refractivity contribution in [2.75, 3.05) is 23.7 Å². The highest BCUT2D eigenvalue weighted by atomic mass is 16.1. The van der Waals surface area contributed by atoms with E-state index in [1.54, 1.807) is 0 Å². The molecule has 1 aromatic carbocycles. The number of amides is 1. The molecule has 2 atom stereocenters. The van der Waals surface area contributed by atoms with Gasteiger partial charge in [-0.2, -0.15) is 0 Å². The Morgan fingerprint density at radius 1 is 1.20 bits per heavy atom. The maximum atomic E-state index is 11.3. The van der Waals surface area contributed by atoms with E-state index in [4.69, 9.17) is 0 Å². The summed E-state index contributed by atoms with van der Waals surface area (Å²) >= 11 is 0. The van der Waals surface area contributed by atoms with E-state index in [2.05, 4.69) is 27.7 Å². The summed E-state index contributed by atoms with van der Waals surface area (Å²) in [5.74, 6) is 0.0584. The number of carbonyl (C=O) groups excluding carboxylic acids is 1. The SMILES string of the molecule is CCC(=O)Nc1ccc(NC2CCN3CCCC23)cc1. The van der Waals surface area contributed by atoms with Crippen LogP contribution in [0.15, 0.2) is 24.3 Å². The number of carbonyl (C=O) groups is 1. The molecule has 1 aromatic rings. The zero-order valence-corrected chi connectivity index (χ0v) is 12.1. The van der Waals surface area contributed by atoms with Crippen LogP contribution in [0.5, 0.6) is 0 Å². The molecule has 2 saturated heterocycles. The molecule has 2 heterocycles. The second-order valence-corrected chi connectivity index (χ2v) is 5.76. The average molecular weight is 273 g/mol. The van der Waals surface area contributed by atoms with E-state index >= 15 is 0 Å². The summed E-state index contributed by atoms with van der Waals surface area (Å²) in [4.78, 5) is 13.9. The predicted molar refractivity (Wildman–Crippen MR) is 82.0 cm³/mol. The molecule has 2 N–H and O–H groups in total. The highest BCUT2D eigenvalue weighted by molar-refractivity contribution is 5.90. The molecule has 0 bridgehead atoms. The fourth-order valence-electron chi connectivity index (χ4n) is 3.36. The first kappa shape index (κ1) is 13.4. The summed E-state index contributed by atoms with van der Waals surface area (Å²) in [6, 6.07) is 9.35. The molecule has 2 aliphatic rings. The van der Waals surface area contributed by atoms with Crippen LogP contribution in [0, 0.1) is 0 Å². The normalized spacial score (nSPS) is 25.4. The zero-order valence-electron chi connectivity index (χ0n) is 12.1. The average Bonchev–Trinajstić information content (AvgIpc) is 3.06. The van der Waals surface area contributed by atoms with Gasteiger partial charge in [-0.3, -0.25) is 9.69 Å². The highest BCUT2D eigenvalue weighted by Crippen LogP contribution is 2.30. The van der Waals surface area contributed by atoms with Gasteiger partial charge in [0.1, 0.15) is 0 Å². The van der Waals surface area contributed by atoms with Crippen LogP contribution in [0.4, 0.5) is 11.4 Å². The summed E-state index contributed by atoms with van der Waals surface area (Å²) in [6.45, 7) is 4.36. The zero-order chi connectivity index (χ0) is 13.9. The van der Waals surface area contributed by atoms with Crippen molar-refractivity contribution in [3.05, 3.63) is 24.3 Å². The van der Waals surface area contributed by atoms with Crippen molar-refractivity contribution in [1.82, 2.24) is 4.90 Å². The van der Waals surface area contributed by atoms with Crippen LogP contribution >= 0.6 is 0 Å². The topological polar surface area (TPSA) is 44.4 Å². The van der Waals surface area contributed by atoms with Crippen LogP contribution in [-0.2, 0) is 4.79 Å². The smallest absolute Gasteiger partial charge is 0.224 e. The molecule has 3 rings (SSSR count). The summed E-state index contributed by atoms with van der Waals surface area (Å²) in [5, 5.41) is 6.53. The molecule has 0 saturated carbocycles. The Balaban J connectivity index is 1.59. The van der Waals surface area contributed by atoms with E-state index in [0.29, 0.717) is 12.5 Å². The first-order valence-electron chi connectivity index (χ1n) is 7.67. The van der Waals surface area contributed by atoms with Crippen LogP contribution in [0.25, 0.3) is 0 Å². The number of benzene rings is 1. The number of anilines is 2. The first-order valence-corrected chi connectivity index (χ1v) is 7.67. The van der Waals surface area contributed by atoms with Gasteiger partial charge in [0, 0.05) is 36.4 Å². The van der Waals surface area contributed by atoms with Gasteiger partial charge in [-0.15, -0.1) is 0 Å². The van der Waals surface area contributed by atoms with Crippen LogP contribution < -0.4 is 10.6 Å². The van der Waals surface area contributed by atoms with Crippen LogP contribution in [0.3, 0.4) is 0 Å². The highest BCUT2D eigenvalue weighted by Gasteiger charge is 2.36. The predicted octanol–water partition coefficient (Wildman–Crippen LogP) is 2.68. The molecule has 2 unspecified atom stereocenters. The minimum absolute atomic E-state index is 0.0584. The quantitative estimate of drug-likeness (QED) is 0.886. The van der Waals surface area contributed by atoms with Gasteiger partial charge in [0.25, 0.3) is 0 Å². The molecular formula is C16H23N3O. The van der Waals surface area contributed by atoms with Gasteiger partial charge in [-0.25, -0.2) is 0 Å². The standard InChI is InChI=1S/C16H23N3O/c1-2-16(20)18-13-7-5-12(6-8-13)17-14-9-11-19-10-3-4-15(14)19/h5-8,14-15,17H,2-4,9-11H2,1H3,(H,18,20). The van der Waals surface area contributed by atoms with Crippen molar-refractivity contribution >= 4 is 17.3 Å². The van der Waals surface area contributed by atoms with E-state index in [1.165, 1.54) is 32.4 Å². The van der Waals surface area contributed by atoms with E-state index < -0.39 is 0 Å².